The summed E-state index contributed by atoms with van der Waals surface area (Å²) in [4.78, 5) is 14.3. The molecule has 1 unspecified atom stereocenters. The fourth-order valence-corrected chi connectivity index (χ4v) is 2.26. The van der Waals surface area contributed by atoms with Gasteiger partial charge >= 0.3 is 0 Å². The van der Waals surface area contributed by atoms with Gasteiger partial charge in [-0.1, -0.05) is 13.8 Å². The third-order valence-electron chi connectivity index (χ3n) is 2.94. The Hall–Kier alpha value is -1.49. The molecule has 1 aromatic rings. The maximum absolute atomic E-state index is 12.2. The summed E-state index contributed by atoms with van der Waals surface area (Å²) in [5.74, 6) is 0.482. The first-order chi connectivity index (χ1) is 8.79. The van der Waals surface area contributed by atoms with Crippen molar-refractivity contribution in [3.05, 3.63) is 18.0 Å². The summed E-state index contributed by atoms with van der Waals surface area (Å²) in [6, 6.07) is 1.86. The number of hydrogen-bond donors (Lipinski definition) is 2. The average molecular weight is 266 g/mol. The molecule has 1 rings (SSSR count). The maximum atomic E-state index is 12.2. The monoisotopic (exact) mass is 266 g/mol. The molecule has 5 heteroatoms. The third kappa shape index (κ3) is 4.95. The molecule has 108 valence electrons. The molecule has 1 heterocycles. The lowest BCUT2D eigenvalue weighted by atomic mass is 10.0. The van der Waals surface area contributed by atoms with Gasteiger partial charge in [-0.25, -0.2) is 0 Å². The van der Waals surface area contributed by atoms with Gasteiger partial charge in [-0.2, -0.15) is 0 Å². The topological polar surface area (TPSA) is 63.3 Å². The Balaban J connectivity index is 2.72. The number of nitrogen functional groups attached to an aromatic ring is 1. The van der Waals surface area contributed by atoms with E-state index in [2.05, 4.69) is 24.1 Å². The second-order valence-corrected chi connectivity index (χ2v) is 5.83. The molecule has 0 aromatic carbocycles. The van der Waals surface area contributed by atoms with Gasteiger partial charge in [0, 0.05) is 25.8 Å². The van der Waals surface area contributed by atoms with Crippen LogP contribution in [0.1, 0.15) is 30.8 Å². The quantitative estimate of drug-likeness (QED) is 0.816. The van der Waals surface area contributed by atoms with Gasteiger partial charge in [0.2, 0.25) is 0 Å². The molecule has 5 nitrogen and oxygen atoms in total. The van der Waals surface area contributed by atoms with Gasteiger partial charge in [0.25, 0.3) is 5.91 Å². The van der Waals surface area contributed by atoms with Gasteiger partial charge < -0.3 is 20.5 Å². The first-order valence-electron chi connectivity index (χ1n) is 6.67. The van der Waals surface area contributed by atoms with Crippen LogP contribution in [0.5, 0.6) is 0 Å². The SMILES string of the molecule is CC(C)CC(CN(C)C)NC(=O)c1cc(N)cn1C. The summed E-state index contributed by atoms with van der Waals surface area (Å²) in [7, 11) is 5.86. The first-order valence-corrected chi connectivity index (χ1v) is 6.67. The second-order valence-electron chi connectivity index (χ2n) is 5.83. The number of carbonyl (C=O) groups excluding carboxylic acids is 1. The van der Waals surface area contributed by atoms with Crippen LogP contribution < -0.4 is 11.1 Å². The van der Waals surface area contributed by atoms with Crippen LogP contribution in [-0.2, 0) is 7.05 Å². The Labute approximate surface area is 115 Å². The van der Waals surface area contributed by atoms with E-state index in [1.165, 1.54) is 0 Å². The Kier molecular flexibility index (Phi) is 5.42. The van der Waals surface area contributed by atoms with Crippen LogP contribution in [0.4, 0.5) is 5.69 Å². The maximum Gasteiger partial charge on any atom is 0.268 e. The first kappa shape index (κ1) is 15.6. The number of aryl methyl sites for hydroxylation is 1. The summed E-state index contributed by atoms with van der Waals surface area (Å²) < 4.78 is 1.76. The molecule has 0 spiro atoms. The highest BCUT2D eigenvalue weighted by Crippen LogP contribution is 2.11. The van der Waals surface area contributed by atoms with Crippen LogP contribution in [0.3, 0.4) is 0 Å². The van der Waals surface area contributed by atoms with Crippen molar-refractivity contribution in [2.75, 3.05) is 26.4 Å². The van der Waals surface area contributed by atoms with E-state index >= 15 is 0 Å². The number of amides is 1. The predicted octanol–water partition coefficient (Wildman–Crippen LogP) is 1.31. The highest BCUT2D eigenvalue weighted by Gasteiger charge is 2.18. The molecule has 3 N–H and O–H groups in total. The van der Waals surface area contributed by atoms with E-state index in [0.29, 0.717) is 17.3 Å². The van der Waals surface area contributed by atoms with Gasteiger partial charge in [-0.15, -0.1) is 0 Å². The van der Waals surface area contributed by atoms with Crippen LogP contribution in [0.25, 0.3) is 0 Å². The molecule has 0 saturated carbocycles. The standard InChI is InChI=1S/C14H26N4O/c1-10(2)6-12(9-17(3)4)16-14(19)13-7-11(15)8-18(13)5/h7-8,10,12H,6,9,15H2,1-5H3,(H,16,19). The summed E-state index contributed by atoms with van der Waals surface area (Å²) >= 11 is 0. The molecule has 19 heavy (non-hydrogen) atoms. The minimum atomic E-state index is -0.0632. The lowest BCUT2D eigenvalue weighted by Gasteiger charge is -2.24. The Morgan fingerprint density at radius 1 is 1.47 bits per heavy atom. The molecular formula is C14H26N4O. The minimum absolute atomic E-state index is 0.0632. The van der Waals surface area contributed by atoms with E-state index in [1.807, 2.05) is 21.1 Å². The zero-order valence-electron chi connectivity index (χ0n) is 12.6. The molecule has 0 fully saturated rings. The molecule has 0 radical (unpaired) electrons. The van der Waals surface area contributed by atoms with Gasteiger partial charge in [0.1, 0.15) is 5.69 Å². The van der Waals surface area contributed by atoms with E-state index in [1.54, 1.807) is 16.8 Å². The Morgan fingerprint density at radius 3 is 2.53 bits per heavy atom. The number of anilines is 1. The molecule has 0 aliphatic heterocycles. The zero-order valence-corrected chi connectivity index (χ0v) is 12.6. The molecule has 0 saturated heterocycles. The van der Waals surface area contributed by atoms with Crippen molar-refractivity contribution >= 4 is 11.6 Å². The van der Waals surface area contributed by atoms with Crippen LogP contribution >= 0.6 is 0 Å². The molecule has 1 atom stereocenters. The zero-order chi connectivity index (χ0) is 14.6. The van der Waals surface area contributed by atoms with Gasteiger partial charge in [-0.05, 0) is 32.5 Å². The van der Waals surface area contributed by atoms with Crippen molar-refractivity contribution in [2.24, 2.45) is 13.0 Å². The summed E-state index contributed by atoms with van der Waals surface area (Å²) in [6.45, 7) is 5.16. The van der Waals surface area contributed by atoms with Gasteiger partial charge in [0.05, 0.1) is 5.69 Å². The molecule has 0 aliphatic rings. The highest BCUT2D eigenvalue weighted by molar-refractivity contribution is 5.94. The number of hydrogen-bond acceptors (Lipinski definition) is 3. The van der Waals surface area contributed by atoms with Crippen LogP contribution in [0.15, 0.2) is 12.3 Å². The van der Waals surface area contributed by atoms with E-state index < -0.39 is 0 Å². The van der Waals surface area contributed by atoms with Crippen molar-refractivity contribution in [1.82, 2.24) is 14.8 Å². The smallest absolute Gasteiger partial charge is 0.268 e. The summed E-state index contributed by atoms with van der Waals surface area (Å²) in [6.07, 6.45) is 2.71. The lowest BCUT2D eigenvalue weighted by molar-refractivity contribution is 0.0916. The molecule has 1 amide bonds. The van der Waals surface area contributed by atoms with Gasteiger partial charge in [0.15, 0.2) is 0 Å². The minimum Gasteiger partial charge on any atom is -0.397 e. The number of rotatable bonds is 6. The van der Waals surface area contributed by atoms with E-state index in [4.69, 9.17) is 5.73 Å². The fraction of sp³-hybridized carbons (Fsp3) is 0.643. The number of carbonyl (C=O) groups is 1. The largest absolute Gasteiger partial charge is 0.397 e. The molecular weight excluding hydrogens is 240 g/mol. The molecule has 0 aliphatic carbocycles. The number of aromatic nitrogens is 1. The van der Waals surface area contributed by atoms with Gasteiger partial charge in [-0.3, -0.25) is 4.79 Å². The van der Waals surface area contributed by atoms with E-state index in [9.17, 15) is 4.79 Å². The lowest BCUT2D eigenvalue weighted by Crippen LogP contribution is -2.43. The normalized spacial score (nSPS) is 13.0. The fourth-order valence-electron chi connectivity index (χ4n) is 2.26. The molecule has 0 bridgehead atoms. The number of nitrogens with zero attached hydrogens (tertiary/aromatic N) is 2. The van der Waals surface area contributed by atoms with Crippen molar-refractivity contribution in [3.8, 4) is 0 Å². The average Bonchev–Trinajstić information content (AvgIpc) is 2.55. The van der Waals surface area contributed by atoms with Crippen LogP contribution in [0.2, 0.25) is 0 Å². The predicted molar refractivity (Wildman–Crippen MR) is 79.1 cm³/mol. The van der Waals surface area contributed by atoms with Crippen molar-refractivity contribution in [3.63, 3.8) is 0 Å². The Morgan fingerprint density at radius 2 is 2.11 bits per heavy atom. The van der Waals surface area contributed by atoms with Crippen LogP contribution in [-0.4, -0.2) is 42.1 Å². The van der Waals surface area contributed by atoms with Crippen molar-refractivity contribution in [2.45, 2.75) is 26.3 Å². The van der Waals surface area contributed by atoms with Crippen LogP contribution in [0, 0.1) is 5.92 Å². The molecule has 1 aromatic heterocycles. The van der Waals surface area contributed by atoms with E-state index in [0.717, 1.165) is 13.0 Å². The van der Waals surface area contributed by atoms with Crippen molar-refractivity contribution < 1.29 is 4.79 Å². The number of likely N-dealkylation sites (N-methyl/N-ethyl adjacent to an activating group) is 1. The van der Waals surface area contributed by atoms with E-state index in [-0.39, 0.29) is 11.9 Å². The number of nitrogens with two attached hydrogens (primary N) is 1. The number of nitrogens with one attached hydrogen (secondary N) is 1. The summed E-state index contributed by atoms with van der Waals surface area (Å²) in [5.41, 5.74) is 6.91. The Bertz CT molecular complexity index is 413. The highest BCUT2D eigenvalue weighted by atomic mass is 16.2. The van der Waals surface area contributed by atoms with Crippen molar-refractivity contribution in [1.29, 1.82) is 0 Å². The second kappa shape index (κ2) is 6.61. The summed E-state index contributed by atoms with van der Waals surface area (Å²) in [5, 5.41) is 3.09. The third-order valence-corrected chi connectivity index (χ3v) is 2.94.